The number of benzene rings is 1. The van der Waals surface area contributed by atoms with Gasteiger partial charge in [-0.25, -0.2) is 4.79 Å². The molecule has 6 nitrogen and oxygen atoms in total. The van der Waals surface area contributed by atoms with Crippen molar-refractivity contribution in [1.29, 1.82) is 0 Å². The first-order valence-corrected chi connectivity index (χ1v) is 7.29. The van der Waals surface area contributed by atoms with E-state index in [-0.39, 0.29) is 13.2 Å². The quantitative estimate of drug-likeness (QED) is 0.799. The molecule has 1 aliphatic heterocycles. The highest BCUT2D eigenvalue weighted by molar-refractivity contribution is 5.77. The monoisotopic (exact) mass is 346 g/mol. The van der Waals surface area contributed by atoms with E-state index in [2.05, 4.69) is 5.32 Å². The van der Waals surface area contributed by atoms with Crippen LogP contribution in [0.1, 0.15) is 0 Å². The van der Waals surface area contributed by atoms with Crippen molar-refractivity contribution in [3.63, 3.8) is 0 Å². The number of carboxylic acids is 1. The second-order valence-electron chi connectivity index (χ2n) is 5.39. The normalized spacial score (nSPS) is 20.7. The zero-order valence-corrected chi connectivity index (χ0v) is 12.6. The molecule has 1 fully saturated rings. The van der Waals surface area contributed by atoms with Gasteiger partial charge >= 0.3 is 18.2 Å². The van der Waals surface area contributed by atoms with Crippen LogP contribution in [-0.2, 0) is 4.79 Å². The number of urea groups is 1. The van der Waals surface area contributed by atoms with Crippen molar-refractivity contribution in [2.24, 2.45) is 11.8 Å². The average molecular weight is 346 g/mol. The minimum absolute atomic E-state index is 0.0959. The summed E-state index contributed by atoms with van der Waals surface area (Å²) in [5.74, 6) is -4.64. The highest BCUT2D eigenvalue weighted by Gasteiger charge is 2.53. The van der Waals surface area contributed by atoms with Crippen LogP contribution in [0.3, 0.4) is 0 Å². The zero-order chi connectivity index (χ0) is 17.7. The summed E-state index contributed by atoms with van der Waals surface area (Å²) in [6.45, 7) is -0.885. The lowest BCUT2D eigenvalue weighted by Crippen LogP contribution is -2.41. The topological polar surface area (TPSA) is 78.9 Å². The minimum atomic E-state index is -4.66. The van der Waals surface area contributed by atoms with Crippen LogP contribution in [0.15, 0.2) is 30.3 Å². The number of amides is 2. The molecule has 132 valence electrons. The van der Waals surface area contributed by atoms with Gasteiger partial charge in [-0.2, -0.15) is 13.2 Å². The number of halogens is 3. The summed E-state index contributed by atoms with van der Waals surface area (Å²) in [7, 11) is 0. The van der Waals surface area contributed by atoms with E-state index in [9.17, 15) is 22.8 Å². The molecule has 0 aromatic heterocycles. The molecule has 1 aromatic carbocycles. The summed E-state index contributed by atoms with van der Waals surface area (Å²) in [5, 5.41) is 11.3. The Morgan fingerprint density at radius 1 is 1.25 bits per heavy atom. The maximum Gasteiger partial charge on any atom is 0.394 e. The number of para-hydroxylation sites is 1. The smallest absolute Gasteiger partial charge is 0.394 e. The first-order chi connectivity index (χ1) is 11.3. The highest BCUT2D eigenvalue weighted by Crippen LogP contribution is 2.37. The van der Waals surface area contributed by atoms with Gasteiger partial charge in [0.05, 0.1) is 18.4 Å². The van der Waals surface area contributed by atoms with Crippen molar-refractivity contribution in [3.05, 3.63) is 30.3 Å². The van der Waals surface area contributed by atoms with Gasteiger partial charge in [-0.1, -0.05) is 18.2 Å². The number of carboxylic acid groups (broad SMARTS) is 1. The van der Waals surface area contributed by atoms with Gasteiger partial charge in [-0.3, -0.25) is 4.79 Å². The molecule has 1 aliphatic rings. The van der Waals surface area contributed by atoms with Crippen LogP contribution in [0.5, 0.6) is 5.75 Å². The summed E-state index contributed by atoms with van der Waals surface area (Å²) in [6.07, 6.45) is -4.66. The Hall–Kier alpha value is -2.45. The third-order valence-electron chi connectivity index (χ3n) is 3.73. The van der Waals surface area contributed by atoms with Gasteiger partial charge in [0.2, 0.25) is 0 Å². The summed E-state index contributed by atoms with van der Waals surface area (Å²) in [4.78, 5) is 23.7. The summed E-state index contributed by atoms with van der Waals surface area (Å²) in [5.41, 5.74) is 0. The van der Waals surface area contributed by atoms with Crippen LogP contribution < -0.4 is 10.1 Å². The molecule has 0 aliphatic carbocycles. The van der Waals surface area contributed by atoms with E-state index in [4.69, 9.17) is 9.84 Å². The van der Waals surface area contributed by atoms with Crippen LogP contribution >= 0.6 is 0 Å². The molecule has 0 unspecified atom stereocenters. The van der Waals surface area contributed by atoms with Crippen LogP contribution in [-0.4, -0.2) is 54.4 Å². The number of rotatable bonds is 5. The van der Waals surface area contributed by atoms with E-state index in [1.165, 1.54) is 0 Å². The van der Waals surface area contributed by atoms with Crippen molar-refractivity contribution in [2.75, 3.05) is 26.2 Å². The van der Waals surface area contributed by atoms with E-state index in [0.717, 1.165) is 4.90 Å². The summed E-state index contributed by atoms with van der Waals surface area (Å²) >= 11 is 0. The van der Waals surface area contributed by atoms with Gasteiger partial charge in [0.25, 0.3) is 0 Å². The largest absolute Gasteiger partial charge is 0.492 e. The molecule has 2 rings (SSSR count). The van der Waals surface area contributed by atoms with Gasteiger partial charge in [0.1, 0.15) is 12.4 Å². The molecule has 0 bridgehead atoms. The second-order valence-corrected chi connectivity index (χ2v) is 5.39. The van der Waals surface area contributed by atoms with Gasteiger partial charge in [0.15, 0.2) is 0 Å². The zero-order valence-electron chi connectivity index (χ0n) is 12.6. The molecular formula is C15H17F3N2O4. The number of hydrogen-bond acceptors (Lipinski definition) is 3. The molecule has 2 atom stereocenters. The predicted octanol–water partition coefficient (Wildman–Crippen LogP) is 1.97. The minimum Gasteiger partial charge on any atom is -0.492 e. The van der Waals surface area contributed by atoms with Crippen LogP contribution in [0.25, 0.3) is 0 Å². The Balaban J connectivity index is 1.81. The van der Waals surface area contributed by atoms with Crippen molar-refractivity contribution in [1.82, 2.24) is 10.2 Å². The summed E-state index contributed by atoms with van der Waals surface area (Å²) in [6, 6.07) is 8.10. The fourth-order valence-electron chi connectivity index (χ4n) is 2.51. The van der Waals surface area contributed by atoms with E-state index in [0.29, 0.717) is 5.75 Å². The number of carbonyl (C=O) groups excluding carboxylic acids is 1. The lowest BCUT2D eigenvalue weighted by atomic mass is 9.96. The average Bonchev–Trinajstić information content (AvgIpc) is 2.98. The van der Waals surface area contributed by atoms with Gasteiger partial charge < -0.3 is 20.1 Å². The standard InChI is InChI=1S/C15H17F3N2O4/c16-15(17,18)12-9-20(8-11(12)13(21)22)14(23)19-6-7-24-10-4-2-1-3-5-10/h1-5,11-12H,6-9H2,(H,19,23)(H,21,22)/t11-,12-/m1/s1. The first-order valence-electron chi connectivity index (χ1n) is 7.29. The van der Waals surface area contributed by atoms with Crippen molar-refractivity contribution >= 4 is 12.0 Å². The highest BCUT2D eigenvalue weighted by atomic mass is 19.4. The Bertz CT molecular complexity index is 580. The number of ether oxygens (including phenoxy) is 1. The van der Waals surface area contributed by atoms with Gasteiger partial charge in [0, 0.05) is 13.1 Å². The lowest BCUT2D eigenvalue weighted by molar-refractivity contribution is -0.187. The third kappa shape index (κ3) is 4.53. The summed E-state index contributed by atoms with van der Waals surface area (Å²) < 4.78 is 43.9. The fraction of sp³-hybridized carbons (Fsp3) is 0.467. The SMILES string of the molecule is O=C(O)[C@@H]1CN(C(=O)NCCOc2ccccc2)C[C@H]1C(F)(F)F. The molecule has 2 amide bonds. The number of carbonyl (C=O) groups is 2. The van der Waals surface area contributed by atoms with E-state index >= 15 is 0 Å². The first kappa shape index (κ1) is 17.9. The Morgan fingerprint density at radius 3 is 2.46 bits per heavy atom. The number of hydrogen-bond donors (Lipinski definition) is 2. The molecule has 1 aromatic rings. The molecule has 0 radical (unpaired) electrons. The molecule has 0 saturated carbocycles. The Morgan fingerprint density at radius 2 is 1.92 bits per heavy atom. The third-order valence-corrected chi connectivity index (χ3v) is 3.73. The Labute approximate surface area is 136 Å². The van der Waals surface area contributed by atoms with Gasteiger partial charge in [-0.15, -0.1) is 0 Å². The molecule has 0 spiro atoms. The molecular weight excluding hydrogens is 329 g/mol. The number of alkyl halides is 3. The number of likely N-dealkylation sites (tertiary alicyclic amines) is 1. The van der Waals surface area contributed by atoms with Gasteiger partial charge in [-0.05, 0) is 12.1 Å². The molecule has 1 heterocycles. The maximum atomic E-state index is 12.9. The molecule has 2 N–H and O–H groups in total. The van der Waals surface area contributed by atoms with Crippen LogP contribution in [0.2, 0.25) is 0 Å². The lowest BCUT2D eigenvalue weighted by Gasteiger charge is -2.18. The molecule has 1 saturated heterocycles. The molecule has 9 heteroatoms. The predicted molar refractivity (Wildman–Crippen MR) is 77.6 cm³/mol. The van der Waals surface area contributed by atoms with Crippen LogP contribution in [0, 0.1) is 11.8 Å². The Kier molecular flexibility index (Phi) is 5.53. The number of nitrogens with one attached hydrogen (secondary N) is 1. The fourth-order valence-corrected chi connectivity index (χ4v) is 2.51. The van der Waals surface area contributed by atoms with Crippen molar-refractivity contribution in [3.8, 4) is 5.75 Å². The number of aliphatic carboxylic acids is 1. The van der Waals surface area contributed by atoms with Crippen molar-refractivity contribution in [2.45, 2.75) is 6.18 Å². The molecule has 24 heavy (non-hydrogen) atoms. The van der Waals surface area contributed by atoms with E-state index in [1.807, 2.05) is 6.07 Å². The number of nitrogens with zero attached hydrogens (tertiary/aromatic N) is 1. The van der Waals surface area contributed by atoms with E-state index < -0.39 is 43.1 Å². The maximum absolute atomic E-state index is 12.9. The van der Waals surface area contributed by atoms with E-state index in [1.54, 1.807) is 24.3 Å². The van der Waals surface area contributed by atoms with Crippen LogP contribution in [0.4, 0.5) is 18.0 Å². The van der Waals surface area contributed by atoms with Crippen molar-refractivity contribution < 1.29 is 32.6 Å². The second kappa shape index (κ2) is 7.41.